The van der Waals surface area contributed by atoms with Crippen molar-refractivity contribution < 1.29 is 9.05 Å². The molecule has 2 aromatic rings. The zero-order valence-corrected chi connectivity index (χ0v) is 4.76. The first-order valence-electron chi connectivity index (χ1n) is 2.50. The Morgan fingerprint density at radius 1 is 1.30 bits per heavy atom. The van der Waals surface area contributed by atoms with Crippen LogP contribution in [0.5, 0.6) is 0 Å². The van der Waals surface area contributed by atoms with Crippen molar-refractivity contribution in [1.29, 1.82) is 0 Å². The first-order chi connectivity index (χ1) is 4.97. The van der Waals surface area contributed by atoms with E-state index in [1.54, 1.807) is 0 Å². The Labute approximate surface area is 54.8 Å². The van der Waals surface area contributed by atoms with Gasteiger partial charge in [-0.1, -0.05) is 5.16 Å². The Balaban J connectivity index is 2.48. The topological polar surface area (TPSA) is 77.8 Å². The van der Waals surface area contributed by atoms with Gasteiger partial charge in [0.25, 0.3) is 0 Å². The fourth-order valence-electron chi connectivity index (χ4n) is 0.545. The third kappa shape index (κ3) is 0.661. The molecule has 6 nitrogen and oxygen atoms in total. The molecule has 0 bridgehead atoms. The van der Waals surface area contributed by atoms with Crippen LogP contribution in [-0.2, 0) is 0 Å². The first kappa shape index (κ1) is 5.10. The van der Waals surface area contributed by atoms with Crippen molar-refractivity contribution in [1.82, 2.24) is 20.5 Å². The molecule has 2 aromatic heterocycles. The second-order valence-corrected chi connectivity index (χ2v) is 1.54. The molecule has 0 unspecified atom stereocenters. The van der Waals surface area contributed by atoms with Gasteiger partial charge >= 0.3 is 0 Å². The smallest absolute Gasteiger partial charge is 0.226 e. The summed E-state index contributed by atoms with van der Waals surface area (Å²) in [4.78, 5) is 3.72. The molecule has 2 rings (SSSR count). The third-order valence-electron chi connectivity index (χ3n) is 0.950. The Kier molecular flexibility index (Phi) is 0.970. The first-order valence-corrected chi connectivity index (χ1v) is 2.50. The number of rotatable bonds is 1. The molecule has 0 spiro atoms. The van der Waals surface area contributed by atoms with Gasteiger partial charge in [0, 0.05) is 5.27 Å². The Morgan fingerprint density at radius 3 is 2.90 bits per heavy atom. The molecule has 6 heteroatoms. The van der Waals surface area contributed by atoms with Crippen LogP contribution < -0.4 is 0 Å². The fourth-order valence-corrected chi connectivity index (χ4v) is 0.545. The average molecular weight is 138 g/mol. The number of hydrogen-bond acceptors (Lipinski definition) is 6. The molecule has 0 aromatic carbocycles. The van der Waals surface area contributed by atoms with Crippen molar-refractivity contribution >= 4 is 0 Å². The highest BCUT2D eigenvalue weighted by atomic mass is 16.5. The van der Waals surface area contributed by atoms with Gasteiger partial charge in [0.15, 0.2) is 12.0 Å². The minimum atomic E-state index is 0.376. The van der Waals surface area contributed by atoms with Crippen LogP contribution >= 0.6 is 0 Å². The van der Waals surface area contributed by atoms with Gasteiger partial charge in [-0.05, 0) is 0 Å². The zero-order chi connectivity index (χ0) is 6.81. The maximum Gasteiger partial charge on any atom is 0.226 e. The van der Waals surface area contributed by atoms with Gasteiger partial charge in [-0.15, -0.1) is 5.10 Å². The molecule has 50 valence electrons. The van der Waals surface area contributed by atoms with E-state index in [0.717, 1.165) is 0 Å². The lowest BCUT2D eigenvalue weighted by Crippen LogP contribution is -1.78. The molecule has 0 aliphatic rings. The second-order valence-electron chi connectivity index (χ2n) is 1.54. The molecule has 0 radical (unpaired) electrons. The molecular formula is C4H2N4O2. The molecule has 0 saturated heterocycles. The van der Waals surface area contributed by atoms with Crippen molar-refractivity contribution in [2.45, 2.75) is 0 Å². The van der Waals surface area contributed by atoms with Crippen molar-refractivity contribution in [3.05, 3.63) is 12.7 Å². The van der Waals surface area contributed by atoms with Crippen LogP contribution in [0.3, 0.4) is 0 Å². The standard InChI is InChI=1S/C4H2N4O2/c1-3(6-8-9-1)4-5-2-10-7-4/h1-2H. The van der Waals surface area contributed by atoms with Crippen molar-refractivity contribution in [2.24, 2.45) is 0 Å². The SMILES string of the molecule is c1nc(-c2conn2)no1. The molecule has 10 heavy (non-hydrogen) atoms. The molecule has 0 saturated carbocycles. The summed E-state index contributed by atoms with van der Waals surface area (Å²) < 4.78 is 8.92. The summed E-state index contributed by atoms with van der Waals surface area (Å²) in [7, 11) is 0. The van der Waals surface area contributed by atoms with E-state index in [1.165, 1.54) is 12.7 Å². The lowest BCUT2D eigenvalue weighted by atomic mass is 10.5. The van der Waals surface area contributed by atoms with Crippen LogP contribution in [0, 0.1) is 0 Å². The van der Waals surface area contributed by atoms with E-state index in [2.05, 4.69) is 29.6 Å². The lowest BCUT2D eigenvalue weighted by molar-refractivity contribution is 0.393. The van der Waals surface area contributed by atoms with Crippen LogP contribution in [0.15, 0.2) is 21.7 Å². The van der Waals surface area contributed by atoms with Crippen molar-refractivity contribution in [3.8, 4) is 11.5 Å². The summed E-state index contributed by atoms with van der Waals surface area (Å²) in [6.45, 7) is 0. The predicted molar refractivity (Wildman–Crippen MR) is 27.6 cm³/mol. The Hall–Kier alpha value is -1.72. The molecule has 2 heterocycles. The normalized spacial score (nSPS) is 10.0. The van der Waals surface area contributed by atoms with Crippen LogP contribution in [0.4, 0.5) is 0 Å². The quantitative estimate of drug-likeness (QED) is 0.556. The molecule has 0 atom stereocenters. The maximum atomic E-state index is 4.47. The van der Waals surface area contributed by atoms with E-state index < -0.39 is 0 Å². The number of nitrogens with zero attached hydrogens (tertiary/aromatic N) is 4. The van der Waals surface area contributed by atoms with E-state index >= 15 is 0 Å². The van der Waals surface area contributed by atoms with Crippen molar-refractivity contribution in [3.63, 3.8) is 0 Å². The van der Waals surface area contributed by atoms with Crippen LogP contribution in [0.25, 0.3) is 11.5 Å². The molecule has 0 aliphatic carbocycles. The third-order valence-corrected chi connectivity index (χ3v) is 0.950. The Bertz CT molecular complexity index is 255. The summed E-state index contributed by atoms with van der Waals surface area (Å²) in [5.74, 6) is 0.376. The summed E-state index contributed by atoms with van der Waals surface area (Å²) in [6, 6.07) is 0. The van der Waals surface area contributed by atoms with Gasteiger partial charge in [-0.25, -0.2) is 0 Å². The average Bonchev–Trinajstić information content (AvgIpc) is 2.59. The van der Waals surface area contributed by atoms with E-state index in [9.17, 15) is 0 Å². The monoisotopic (exact) mass is 138 g/mol. The fraction of sp³-hybridized carbons (Fsp3) is 0. The van der Waals surface area contributed by atoms with Gasteiger partial charge < -0.3 is 9.05 Å². The van der Waals surface area contributed by atoms with Crippen molar-refractivity contribution in [2.75, 3.05) is 0 Å². The predicted octanol–water partition coefficient (Wildman–Crippen LogP) is 0.120. The minimum absolute atomic E-state index is 0.376. The van der Waals surface area contributed by atoms with Gasteiger partial charge in [0.1, 0.15) is 0 Å². The summed E-state index contributed by atoms with van der Waals surface area (Å²) >= 11 is 0. The lowest BCUT2D eigenvalue weighted by Gasteiger charge is -1.74. The number of aromatic nitrogens is 4. The summed E-state index contributed by atoms with van der Waals surface area (Å²) in [6.07, 6.45) is 2.55. The highest BCUT2D eigenvalue weighted by Crippen LogP contribution is 2.07. The molecule has 0 fully saturated rings. The minimum Gasteiger partial charge on any atom is -0.345 e. The molecule has 0 amide bonds. The highest BCUT2D eigenvalue weighted by Gasteiger charge is 2.05. The molecule has 0 aliphatic heterocycles. The van der Waals surface area contributed by atoms with Gasteiger partial charge in [0.05, 0.1) is 0 Å². The van der Waals surface area contributed by atoms with E-state index in [1.807, 2.05) is 0 Å². The molecular weight excluding hydrogens is 136 g/mol. The zero-order valence-electron chi connectivity index (χ0n) is 4.76. The van der Waals surface area contributed by atoms with Gasteiger partial charge in [-0.3, -0.25) is 0 Å². The number of hydrogen-bond donors (Lipinski definition) is 0. The Morgan fingerprint density at radius 2 is 2.30 bits per heavy atom. The highest BCUT2D eigenvalue weighted by molar-refractivity contribution is 5.43. The molecule has 0 N–H and O–H groups in total. The van der Waals surface area contributed by atoms with E-state index in [4.69, 9.17) is 0 Å². The summed E-state index contributed by atoms with van der Waals surface area (Å²) in [5, 5.41) is 10.3. The largest absolute Gasteiger partial charge is 0.345 e. The van der Waals surface area contributed by atoms with Crippen LogP contribution in [0.1, 0.15) is 0 Å². The van der Waals surface area contributed by atoms with Crippen LogP contribution in [-0.4, -0.2) is 20.5 Å². The maximum absolute atomic E-state index is 4.47. The summed E-state index contributed by atoms with van der Waals surface area (Å²) in [5.41, 5.74) is 0.466. The van der Waals surface area contributed by atoms with Crippen LogP contribution in [0.2, 0.25) is 0 Å². The second kappa shape index (κ2) is 1.90. The van der Waals surface area contributed by atoms with Gasteiger partial charge in [0.2, 0.25) is 12.2 Å². The van der Waals surface area contributed by atoms with E-state index in [-0.39, 0.29) is 0 Å². The van der Waals surface area contributed by atoms with Gasteiger partial charge in [-0.2, -0.15) is 4.98 Å². The van der Waals surface area contributed by atoms with E-state index in [0.29, 0.717) is 11.5 Å².